The SMILES string of the molecule is CCCc1cc(=O)[nH]c(SCC(=O)O)c1C#N. The van der Waals surface area contributed by atoms with Crippen LogP contribution in [0, 0.1) is 11.3 Å². The number of aliphatic carboxylic acids is 1. The Kier molecular flexibility index (Phi) is 4.79. The summed E-state index contributed by atoms with van der Waals surface area (Å²) in [5.41, 5.74) is 0.740. The van der Waals surface area contributed by atoms with Gasteiger partial charge in [-0.25, -0.2) is 0 Å². The van der Waals surface area contributed by atoms with Gasteiger partial charge in [-0.05, 0) is 12.0 Å². The molecule has 0 amide bonds. The third-order valence-corrected chi connectivity index (χ3v) is 3.05. The molecule has 0 fully saturated rings. The topological polar surface area (TPSA) is 93.9 Å². The fourth-order valence-corrected chi connectivity index (χ4v) is 2.18. The minimum atomic E-state index is -0.986. The van der Waals surface area contributed by atoms with Crippen LogP contribution >= 0.6 is 11.8 Å². The van der Waals surface area contributed by atoms with Crippen molar-refractivity contribution >= 4 is 17.7 Å². The minimum absolute atomic E-state index is 0.180. The van der Waals surface area contributed by atoms with E-state index in [0.29, 0.717) is 22.6 Å². The van der Waals surface area contributed by atoms with Gasteiger partial charge in [-0.2, -0.15) is 5.26 Å². The maximum atomic E-state index is 11.4. The summed E-state index contributed by atoms with van der Waals surface area (Å²) < 4.78 is 0. The second kappa shape index (κ2) is 6.11. The number of carboxylic acid groups (broad SMARTS) is 1. The molecule has 1 aromatic rings. The highest BCUT2D eigenvalue weighted by Gasteiger charge is 2.11. The molecule has 0 aliphatic carbocycles. The molecule has 0 spiro atoms. The highest BCUT2D eigenvalue weighted by Crippen LogP contribution is 2.21. The lowest BCUT2D eigenvalue weighted by Crippen LogP contribution is -2.11. The van der Waals surface area contributed by atoms with Gasteiger partial charge in [0.15, 0.2) is 0 Å². The molecule has 1 heterocycles. The van der Waals surface area contributed by atoms with E-state index in [1.54, 1.807) is 0 Å². The number of H-pyrrole nitrogens is 1. The van der Waals surface area contributed by atoms with Crippen LogP contribution in [0.4, 0.5) is 0 Å². The number of pyridine rings is 1. The van der Waals surface area contributed by atoms with Crippen LogP contribution in [-0.4, -0.2) is 21.8 Å². The Morgan fingerprint density at radius 2 is 2.35 bits per heavy atom. The van der Waals surface area contributed by atoms with E-state index >= 15 is 0 Å². The summed E-state index contributed by atoms with van der Waals surface area (Å²) in [5, 5.41) is 18.0. The van der Waals surface area contributed by atoms with Crippen LogP contribution in [0.25, 0.3) is 0 Å². The third kappa shape index (κ3) is 3.64. The molecule has 0 unspecified atom stereocenters. The van der Waals surface area contributed by atoms with Gasteiger partial charge >= 0.3 is 5.97 Å². The lowest BCUT2D eigenvalue weighted by molar-refractivity contribution is -0.133. The Hall–Kier alpha value is -1.74. The normalized spacial score (nSPS) is 9.88. The van der Waals surface area contributed by atoms with Crippen molar-refractivity contribution in [1.82, 2.24) is 4.98 Å². The number of nitrogens with zero attached hydrogens (tertiary/aromatic N) is 1. The van der Waals surface area contributed by atoms with Crippen molar-refractivity contribution in [3.63, 3.8) is 0 Å². The molecular formula is C11H12N2O3S. The van der Waals surface area contributed by atoms with Crippen LogP contribution in [0.15, 0.2) is 15.9 Å². The number of thioether (sulfide) groups is 1. The number of carbonyl (C=O) groups is 1. The van der Waals surface area contributed by atoms with E-state index in [9.17, 15) is 9.59 Å². The standard InChI is InChI=1S/C11H12N2O3S/c1-2-3-7-4-9(14)13-11(8(7)5-12)17-6-10(15)16/h4H,2-3,6H2,1H3,(H,13,14)(H,15,16). The van der Waals surface area contributed by atoms with Gasteiger partial charge in [-0.3, -0.25) is 9.59 Å². The van der Waals surface area contributed by atoms with Gasteiger partial charge in [0.1, 0.15) is 6.07 Å². The molecule has 90 valence electrons. The van der Waals surface area contributed by atoms with Crippen LogP contribution in [0.3, 0.4) is 0 Å². The second-order valence-corrected chi connectivity index (χ2v) is 4.39. The number of hydrogen-bond donors (Lipinski definition) is 2. The number of carboxylic acids is 1. The van der Waals surface area contributed by atoms with Gasteiger partial charge < -0.3 is 10.1 Å². The molecule has 0 saturated heterocycles. The number of aromatic nitrogens is 1. The number of nitriles is 1. The molecule has 0 aromatic carbocycles. The molecule has 0 radical (unpaired) electrons. The highest BCUT2D eigenvalue weighted by atomic mass is 32.2. The lowest BCUT2D eigenvalue weighted by atomic mass is 10.1. The average molecular weight is 252 g/mol. The van der Waals surface area contributed by atoms with Gasteiger partial charge in [-0.15, -0.1) is 0 Å². The maximum absolute atomic E-state index is 11.4. The van der Waals surface area contributed by atoms with Crippen molar-refractivity contribution in [2.24, 2.45) is 0 Å². The van der Waals surface area contributed by atoms with E-state index in [1.165, 1.54) is 6.07 Å². The van der Waals surface area contributed by atoms with E-state index < -0.39 is 5.97 Å². The molecule has 0 aliphatic rings. The molecule has 0 aliphatic heterocycles. The quantitative estimate of drug-likeness (QED) is 0.772. The van der Waals surface area contributed by atoms with Gasteiger partial charge in [0.25, 0.3) is 0 Å². The first-order valence-electron chi connectivity index (χ1n) is 5.09. The number of aryl methyl sites for hydroxylation is 1. The van der Waals surface area contributed by atoms with Crippen molar-refractivity contribution in [2.45, 2.75) is 24.8 Å². The summed E-state index contributed by atoms with van der Waals surface area (Å²) in [4.78, 5) is 24.3. The minimum Gasteiger partial charge on any atom is -0.481 e. The van der Waals surface area contributed by atoms with E-state index in [0.717, 1.165) is 18.2 Å². The Labute approximate surface area is 102 Å². The summed E-state index contributed by atoms with van der Waals surface area (Å²) in [6.45, 7) is 1.95. The number of aromatic amines is 1. The summed E-state index contributed by atoms with van der Waals surface area (Å²) in [6, 6.07) is 3.41. The Morgan fingerprint density at radius 3 is 2.88 bits per heavy atom. The largest absolute Gasteiger partial charge is 0.481 e. The second-order valence-electron chi connectivity index (χ2n) is 3.41. The highest BCUT2D eigenvalue weighted by molar-refractivity contribution is 7.99. The first-order valence-corrected chi connectivity index (χ1v) is 6.08. The zero-order chi connectivity index (χ0) is 12.8. The van der Waals surface area contributed by atoms with Gasteiger partial charge in [0.2, 0.25) is 5.56 Å². The Morgan fingerprint density at radius 1 is 1.65 bits per heavy atom. The lowest BCUT2D eigenvalue weighted by Gasteiger charge is -2.06. The molecule has 0 atom stereocenters. The third-order valence-electron chi connectivity index (χ3n) is 2.06. The van der Waals surface area contributed by atoms with Crippen LogP contribution in [0.5, 0.6) is 0 Å². The molecule has 1 aromatic heterocycles. The predicted molar refractivity (Wildman–Crippen MR) is 64.1 cm³/mol. The predicted octanol–water partition coefficient (Wildman–Crippen LogP) is 1.38. The summed E-state index contributed by atoms with van der Waals surface area (Å²) in [6.07, 6.45) is 1.45. The fraction of sp³-hybridized carbons (Fsp3) is 0.364. The van der Waals surface area contributed by atoms with Crippen LogP contribution < -0.4 is 5.56 Å². The molecule has 6 heteroatoms. The average Bonchev–Trinajstić information content (AvgIpc) is 2.26. The summed E-state index contributed by atoms with van der Waals surface area (Å²) in [7, 11) is 0. The van der Waals surface area contributed by atoms with Gasteiger partial charge in [0, 0.05) is 6.07 Å². The van der Waals surface area contributed by atoms with Crippen molar-refractivity contribution in [3.8, 4) is 6.07 Å². The first kappa shape index (κ1) is 13.3. The summed E-state index contributed by atoms with van der Waals surface area (Å²) in [5.74, 6) is -1.17. The van der Waals surface area contributed by atoms with E-state index in [1.807, 2.05) is 13.0 Å². The van der Waals surface area contributed by atoms with Gasteiger partial charge in [0.05, 0.1) is 16.3 Å². The number of hydrogen-bond acceptors (Lipinski definition) is 4. The molecule has 0 saturated carbocycles. The molecule has 17 heavy (non-hydrogen) atoms. The molecular weight excluding hydrogens is 240 g/mol. The van der Waals surface area contributed by atoms with Crippen molar-refractivity contribution in [2.75, 3.05) is 5.75 Å². The van der Waals surface area contributed by atoms with E-state index in [-0.39, 0.29) is 11.3 Å². The smallest absolute Gasteiger partial charge is 0.313 e. The Balaban J connectivity index is 3.14. The van der Waals surface area contributed by atoms with Gasteiger partial charge in [-0.1, -0.05) is 25.1 Å². The van der Waals surface area contributed by atoms with E-state index in [4.69, 9.17) is 10.4 Å². The fourth-order valence-electron chi connectivity index (χ4n) is 1.42. The number of nitrogens with one attached hydrogen (secondary N) is 1. The van der Waals surface area contributed by atoms with Crippen LogP contribution in [0.1, 0.15) is 24.5 Å². The zero-order valence-electron chi connectivity index (χ0n) is 9.32. The van der Waals surface area contributed by atoms with Crippen molar-refractivity contribution in [3.05, 3.63) is 27.5 Å². The first-order chi connectivity index (χ1) is 8.08. The number of rotatable bonds is 5. The van der Waals surface area contributed by atoms with Crippen LogP contribution in [0.2, 0.25) is 0 Å². The molecule has 1 rings (SSSR count). The summed E-state index contributed by atoms with van der Waals surface area (Å²) >= 11 is 0.956. The molecule has 0 bridgehead atoms. The van der Waals surface area contributed by atoms with Crippen molar-refractivity contribution in [1.29, 1.82) is 5.26 Å². The molecule has 5 nitrogen and oxygen atoms in total. The zero-order valence-corrected chi connectivity index (χ0v) is 10.1. The monoisotopic (exact) mass is 252 g/mol. The van der Waals surface area contributed by atoms with E-state index in [2.05, 4.69) is 4.98 Å². The molecule has 2 N–H and O–H groups in total. The van der Waals surface area contributed by atoms with Crippen LogP contribution in [-0.2, 0) is 11.2 Å². The maximum Gasteiger partial charge on any atom is 0.313 e. The Bertz CT molecular complexity index is 516. The van der Waals surface area contributed by atoms with Crippen molar-refractivity contribution < 1.29 is 9.90 Å².